The molecule has 1 aliphatic rings. The number of carboxylic acid groups (broad SMARTS) is 1. The molecule has 0 fully saturated rings. The van der Waals surface area contributed by atoms with Gasteiger partial charge in [-0.2, -0.15) is 0 Å². The first-order valence-electron chi connectivity index (χ1n) is 6.14. The topological polar surface area (TPSA) is 66.8 Å². The molecule has 102 valence electrons. The van der Waals surface area contributed by atoms with Gasteiger partial charge in [0.2, 0.25) is 5.91 Å². The lowest BCUT2D eigenvalue weighted by Crippen LogP contribution is -2.32. The summed E-state index contributed by atoms with van der Waals surface area (Å²) in [6.07, 6.45) is 0.337. The van der Waals surface area contributed by atoms with E-state index in [0.29, 0.717) is 13.0 Å². The van der Waals surface area contributed by atoms with Crippen LogP contribution in [0.2, 0.25) is 0 Å². The van der Waals surface area contributed by atoms with E-state index < -0.39 is 11.9 Å². The second-order valence-corrected chi connectivity index (χ2v) is 4.83. The van der Waals surface area contributed by atoms with Crippen LogP contribution in [0, 0.1) is 5.92 Å². The van der Waals surface area contributed by atoms with Crippen molar-refractivity contribution in [2.24, 2.45) is 5.92 Å². The Kier molecular flexibility index (Phi) is 3.74. The minimum atomic E-state index is -0.941. The minimum Gasteiger partial charge on any atom is -0.497 e. The Morgan fingerprint density at radius 1 is 1.47 bits per heavy atom. The average Bonchev–Trinajstić information content (AvgIpc) is 2.48. The number of aliphatic carboxylic acids is 1. The fraction of sp³-hybridized carbons (Fsp3) is 0.429. The molecule has 0 aliphatic carbocycles. The van der Waals surface area contributed by atoms with Crippen molar-refractivity contribution in [1.29, 1.82) is 0 Å². The zero-order chi connectivity index (χ0) is 14.0. The van der Waals surface area contributed by atoms with Crippen LogP contribution in [0.25, 0.3) is 0 Å². The summed E-state index contributed by atoms with van der Waals surface area (Å²) in [5, 5.41) is 8.90. The van der Waals surface area contributed by atoms with Crippen LogP contribution in [0.3, 0.4) is 0 Å². The molecule has 1 aromatic rings. The molecule has 19 heavy (non-hydrogen) atoms. The van der Waals surface area contributed by atoms with E-state index in [4.69, 9.17) is 9.84 Å². The van der Waals surface area contributed by atoms with Crippen molar-refractivity contribution >= 4 is 11.9 Å². The first kappa shape index (κ1) is 13.4. The van der Waals surface area contributed by atoms with E-state index in [1.54, 1.807) is 19.1 Å². The molecular weight excluding hydrogens is 246 g/mol. The van der Waals surface area contributed by atoms with Crippen LogP contribution in [0.4, 0.5) is 0 Å². The number of amides is 1. The van der Waals surface area contributed by atoms with Crippen molar-refractivity contribution in [1.82, 2.24) is 4.90 Å². The van der Waals surface area contributed by atoms with Crippen LogP contribution in [-0.2, 0) is 22.6 Å². The van der Waals surface area contributed by atoms with Gasteiger partial charge in [-0.05, 0) is 29.7 Å². The van der Waals surface area contributed by atoms with Crippen LogP contribution in [0.1, 0.15) is 17.5 Å². The number of ether oxygens (including phenoxy) is 1. The van der Waals surface area contributed by atoms with E-state index in [9.17, 15) is 9.59 Å². The number of carbonyl (C=O) groups excluding carboxylic acids is 1. The summed E-state index contributed by atoms with van der Waals surface area (Å²) < 4.78 is 5.18. The van der Waals surface area contributed by atoms with Crippen LogP contribution >= 0.6 is 0 Å². The number of carboxylic acids is 1. The molecule has 0 saturated carbocycles. The monoisotopic (exact) mass is 263 g/mol. The highest BCUT2D eigenvalue weighted by atomic mass is 16.5. The number of benzene rings is 1. The molecule has 1 atom stereocenters. The molecule has 2 rings (SSSR count). The molecule has 1 N–H and O–H groups in total. The van der Waals surface area contributed by atoms with Crippen LogP contribution < -0.4 is 4.74 Å². The number of hydrogen-bond donors (Lipinski definition) is 1. The van der Waals surface area contributed by atoms with Gasteiger partial charge in [-0.25, -0.2) is 0 Å². The van der Waals surface area contributed by atoms with Crippen molar-refractivity contribution in [2.45, 2.75) is 19.4 Å². The summed E-state index contributed by atoms with van der Waals surface area (Å²) >= 11 is 0. The lowest BCUT2D eigenvalue weighted by molar-refractivity contribution is -0.143. The highest BCUT2D eigenvalue weighted by Crippen LogP contribution is 2.27. The maximum Gasteiger partial charge on any atom is 0.304 e. The maximum atomic E-state index is 12.1. The van der Waals surface area contributed by atoms with Gasteiger partial charge in [0.15, 0.2) is 0 Å². The molecule has 1 unspecified atom stereocenters. The third kappa shape index (κ3) is 2.86. The van der Waals surface area contributed by atoms with Crippen molar-refractivity contribution in [2.75, 3.05) is 14.2 Å². The Morgan fingerprint density at radius 2 is 2.21 bits per heavy atom. The molecular formula is C14H17NO4. The van der Waals surface area contributed by atoms with Gasteiger partial charge in [0.25, 0.3) is 0 Å². The van der Waals surface area contributed by atoms with Crippen LogP contribution in [0.5, 0.6) is 5.75 Å². The second-order valence-electron chi connectivity index (χ2n) is 4.83. The maximum absolute atomic E-state index is 12.1. The Bertz CT molecular complexity index is 512. The molecule has 1 amide bonds. The third-order valence-electron chi connectivity index (χ3n) is 3.43. The Labute approximate surface area is 111 Å². The van der Waals surface area contributed by atoms with Gasteiger partial charge in [0, 0.05) is 13.6 Å². The molecule has 1 heterocycles. The summed E-state index contributed by atoms with van der Waals surface area (Å²) in [6.45, 7) is 0.488. The molecule has 5 nitrogen and oxygen atoms in total. The number of carbonyl (C=O) groups is 2. The van der Waals surface area contributed by atoms with Gasteiger partial charge in [0.1, 0.15) is 5.75 Å². The van der Waals surface area contributed by atoms with E-state index in [1.807, 2.05) is 18.2 Å². The SMILES string of the molecule is COc1ccc2c(c1)CN(C)C(=O)C(CC(=O)O)C2. The fourth-order valence-corrected chi connectivity index (χ4v) is 2.44. The molecule has 0 spiro atoms. The minimum absolute atomic E-state index is 0.113. The standard InChI is InChI=1S/C14H17NO4/c1-15-8-11-6-12(19-2)4-3-9(11)5-10(14(15)18)7-13(16)17/h3-4,6,10H,5,7-8H2,1-2H3,(H,16,17). The zero-order valence-electron chi connectivity index (χ0n) is 11.0. The van der Waals surface area contributed by atoms with E-state index in [1.165, 1.54) is 0 Å². The second kappa shape index (κ2) is 5.30. The molecule has 0 bridgehead atoms. The quantitative estimate of drug-likeness (QED) is 0.892. The van der Waals surface area contributed by atoms with Crippen molar-refractivity contribution < 1.29 is 19.4 Å². The number of hydrogen-bond acceptors (Lipinski definition) is 3. The Hall–Kier alpha value is -2.04. The first-order chi connectivity index (χ1) is 9.01. The summed E-state index contributed by atoms with van der Waals surface area (Å²) in [6, 6.07) is 5.66. The number of rotatable bonds is 3. The summed E-state index contributed by atoms with van der Waals surface area (Å²) in [5.74, 6) is -0.797. The average molecular weight is 263 g/mol. The van der Waals surface area contributed by atoms with Gasteiger partial charge in [0.05, 0.1) is 19.4 Å². The van der Waals surface area contributed by atoms with Crippen molar-refractivity contribution in [3.63, 3.8) is 0 Å². The van der Waals surface area contributed by atoms with Crippen molar-refractivity contribution in [3.8, 4) is 5.75 Å². The molecule has 5 heteroatoms. The Balaban J connectivity index is 2.33. The van der Waals surface area contributed by atoms with E-state index in [-0.39, 0.29) is 12.3 Å². The predicted octanol–water partition coefficient (Wildman–Crippen LogP) is 1.30. The predicted molar refractivity (Wildman–Crippen MR) is 68.9 cm³/mol. The van der Waals surface area contributed by atoms with E-state index in [2.05, 4.69) is 0 Å². The summed E-state index contributed by atoms with van der Waals surface area (Å²) in [4.78, 5) is 24.6. The van der Waals surface area contributed by atoms with Gasteiger partial charge in [-0.15, -0.1) is 0 Å². The van der Waals surface area contributed by atoms with Gasteiger partial charge >= 0.3 is 5.97 Å². The fourth-order valence-electron chi connectivity index (χ4n) is 2.44. The highest BCUT2D eigenvalue weighted by Gasteiger charge is 2.29. The number of nitrogens with zero attached hydrogens (tertiary/aromatic N) is 1. The van der Waals surface area contributed by atoms with E-state index in [0.717, 1.165) is 16.9 Å². The third-order valence-corrected chi connectivity index (χ3v) is 3.43. The van der Waals surface area contributed by atoms with Gasteiger partial charge in [-0.3, -0.25) is 9.59 Å². The molecule has 0 saturated heterocycles. The Morgan fingerprint density at radius 3 is 2.84 bits per heavy atom. The highest BCUT2D eigenvalue weighted by molar-refractivity contribution is 5.84. The van der Waals surface area contributed by atoms with Gasteiger partial charge < -0.3 is 14.7 Å². The first-order valence-corrected chi connectivity index (χ1v) is 6.14. The molecule has 0 radical (unpaired) electrons. The summed E-state index contributed by atoms with van der Waals surface area (Å²) in [7, 11) is 3.30. The molecule has 1 aromatic carbocycles. The van der Waals surface area contributed by atoms with Gasteiger partial charge in [-0.1, -0.05) is 6.07 Å². The van der Waals surface area contributed by atoms with Crippen LogP contribution in [-0.4, -0.2) is 36.0 Å². The normalized spacial score (nSPS) is 18.7. The molecule has 1 aliphatic heterocycles. The number of fused-ring (bicyclic) bond motifs is 1. The zero-order valence-corrected chi connectivity index (χ0v) is 11.0. The van der Waals surface area contributed by atoms with E-state index >= 15 is 0 Å². The lowest BCUT2D eigenvalue weighted by Gasteiger charge is -2.18. The van der Waals surface area contributed by atoms with Crippen LogP contribution in [0.15, 0.2) is 18.2 Å². The van der Waals surface area contributed by atoms with Crippen molar-refractivity contribution in [3.05, 3.63) is 29.3 Å². The largest absolute Gasteiger partial charge is 0.497 e. The smallest absolute Gasteiger partial charge is 0.304 e. The number of methoxy groups -OCH3 is 1. The molecule has 0 aromatic heterocycles. The summed E-state index contributed by atoms with van der Waals surface area (Å²) in [5.41, 5.74) is 2.04. The lowest BCUT2D eigenvalue weighted by atomic mass is 9.94.